The second kappa shape index (κ2) is 7.05. The topological polar surface area (TPSA) is 73.6 Å². The summed E-state index contributed by atoms with van der Waals surface area (Å²) in [4.78, 5) is 14.0. The summed E-state index contributed by atoms with van der Waals surface area (Å²) in [5.41, 5.74) is 3.13. The molecule has 4 rings (SSSR count). The van der Waals surface area contributed by atoms with E-state index in [4.69, 9.17) is 4.74 Å². The molecule has 2 aromatic carbocycles. The zero-order chi connectivity index (χ0) is 19.0. The molecule has 1 amide bonds. The molecule has 0 spiro atoms. The number of hydrogen-bond acceptors (Lipinski definition) is 4. The predicted octanol–water partition coefficient (Wildman–Crippen LogP) is 2.95. The number of rotatable bonds is 5. The number of carbonyl (C=O) groups is 1. The average Bonchev–Trinajstić information content (AvgIpc) is 3.54. The van der Waals surface area contributed by atoms with Gasteiger partial charge in [0, 0.05) is 11.8 Å². The van der Waals surface area contributed by atoms with Crippen molar-refractivity contribution in [2.75, 3.05) is 13.7 Å². The Morgan fingerprint density at radius 2 is 1.74 bits per heavy atom. The predicted molar refractivity (Wildman–Crippen MR) is 101 cm³/mol. The Hall–Kier alpha value is -2.84. The fourth-order valence-electron chi connectivity index (χ4n) is 3.93. The van der Waals surface area contributed by atoms with E-state index in [1.54, 1.807) is 12.0 Å². The molecule has 138 valence electrons. The Balaban J connectivity index is 1.55. The minimum atomic E-state index is -0.498. The molecular formula is C22H22N2O3. The van der Waals surface area contributed by atoms with Gasteiger partial charge >= 0.3 is 0 Å². The van der Waals surface area contributed by atoms with Gasteiger partial charge in [-0.2, -0.15) is 5.26 Å². The molecule has 3 atom stereocenters. The van der Waals surface area contributed by atoms with Gasteiger partial charge < -0.3 is 14.7 Å². The molecule has 0 unspecified atom stereocenters. The van der Waals surface area contributed by atoms with Crippen molar-refractivity contribution in [3.63, 3.8) is 0 Å². The fraction of sp³-hybridized carbons (Fsp3) is 0.364. The van der Waals surface area contributed by atoms with E-state index in [0.29, 0.717) is 0 Å². The number of methoxy groups -OCH3 is 1. The summed E-state index contributed by atoms with van der Waals surface area (Å²) in [6.07, 6.45) is 1.79. The number of aliphatic hydroxyl groups excluding tert-OH is 1. The van der Waals surface area contributed by atoms with E-state index < -0.39 is 6.04 Å². The van der Waals surface area contributed by atoms with E-state index >= 15 is 0 Å². The Bertz CT molecular complexity index is 866. The number of benzene rings is 2. The molecule has 0 aromatic heterocycles. The van der Waals surface area contributed by atoms with Crippen LogP contribution in [-0.4, -0.2) is 41.7 Å². The van der Waals surface area contributed by atoms with Gasteiger partial charge in [0.25, 0.3) is 0 Å². The maximum Gasteiger partial charge on any atom is 0.227 e. The van der Waals surface area contributed by atoms with E-state index in [9.17, 15) is 15.2 Å². The van der Waals surface area contributed by atoms with E-state index in [2.05, 4.69) is 6.07 Å². The summed E-state index contributed by atoms with van der Waals surface area (Å²) in [5.74, 6) is 0.737. The van der Waals surface area contributed by atoms with Crippen molar-refractivity contribution in [2.45, 2.75) is 30.8 Å². The molecule has 1 aliphatic heterocycles. The molecule has 1 saturated heterocycles. The van der Waals surface area contributed by atoms with Crippen LogP contribution in [0.15, 0.2) is 48.5 Å². The Kier molecular flexibility index (Phi) is 4.59. The van der Waals surface area contributed by atoms with E-state index in [-0.39, 0.29) is 30.4 Å². The second-order valence-electron chi connectivity index (χ2n) is 7.22. The molecule has 27 heavy (non-hydrogen) atoms. The SMILES string of the molecule is COc1ccc(-c2ccc([C@@H]3[C@@H](C#N)N(C(=O)C4CC4)[C@H]3CO)cc2)cc1. The fourth-order valence-corrected chi connectivity index (χ4v) is 3.93. The van der Waals surface area contributed by atoms with Crippen LogP contribution in [0.2, 0.25) is 0 Å². The number of ether oxygens (including phenoxy) is 1. The molecule has 1 N–H and O–H groups in total. The molecule has 5 heteroatoms. The smallest absolute Gasteiger partial charge is 0.227 e. The maximum atomic E-state index is 12.4. The third-order valence-electron chi connectivity index (χ3n) is 5.63. The molecule has 1 aliphatic carbocycles. The minimum Gasteiger partial charge on any atom is -0.497 e. The van der Waals surface area contributed by atoms with Gasteiger partial charge in [0.1, 0.15) is 11.8 Å². The molecule has 0 bridgehead atoms. The van der Waals surface area contributed by atoms with Crippen molar-refractivity contribution >= 4 is 5.91 Å². The molecule has 2 aromatic rings. The third kappa shape index (κ3) is 3.07. The highest BCUT2D eigenvalue weighted by molar-refractivity contribution is 5.83. The van der Waals surface area contributed by atoms with Crippen LogP contribution < -0.4 is 4.74 Å². The highest BCUT2D eigenvalue weighted by Gasteiger charge is 2.53. The number of amides is 1. The standard InChI is InChI=1S/C22H22N2O3/c1-27-18-10-8-15(9-11-18)14-2-4-16(5-3-14)21-19(12-23)24(20(21)13-25)22(26)17-6-7-17/h2-5,8-11,17,19-21,25H,6-7,13H2,1H3/t19-,20+,21-/m1/s1. The summed E-state index contributed by atoms with van der Waals surface area (Å²) in [6.45, 7) is -0.123. The van der Waals surface area contributed by atoms with Crippen LogP contribution in [0.25, 0.3) is 11.1 Å². The highest BCUT2D eigenvalue weighted by Crippen LogP contribution is 2.44. The number of nitrogens with zero attached hydrogens (tertiary/aromatic N) is 2. The first kappa shape index (κ1) is 17.6. The lowest BCUT2D eigenvalue weighted by Crippen LogP contribution is -2.65. The van der Waals surface area contributed by atoms with Crippen molar-refractivity contribution in [3.05, 3.63) is 54.1 Å². The number of likely N-dealkylation sites (tertiary alicyclic amines) is 1. The van der Waals surface area contributed by atoms with Gasteiger partial charge in [-0.1, -0.05) is 36.4 Å². The zero-order valence-electron chi connectivity index (χ0n) is 15.2. The van der Waals surface area contributed by atoms with E-state index in [1.807, 2.05) is 48.5 Å². The molecule has 2 fully saturated rings. The third-order valence-corrected chi connectivity index (χ3v) is 5.63. The lowest BCUT2D eigenvalue weighted by atomic mass is 9.75. The monoisotopic (exact) mass is 362 g/mol. The van der Waals surface area contributed by atoms with Gasteiger partial charge in [-0.15, -0.1) is 0 Å². The van der Waals surface area contributed by atoms with E-state index in [0.717, 1.165) is 35.3 Å². The van der Waals surface area contributed by atoms with Crippen LogP contribution >= 0.6 is 0 Å². The van der Waals surface area contributed by atoms with Crippen LogP contribution in [0, 0.1) is 17.2 Å². The lowest BCUT2D eigenvalue weighted by Gasteiger charge is -2.51. The molecular weight excluding hydrogens is 340 g/mol. The van der Waals surface area contributed by atoms with Gasteiger partial charge in [0.05, 0.1) is 25.8 Å². The van der Waals surface area contributed by atoms with Crippen LogP contribution in [0.3, 0.4) is 0 Å². The van der Waals surface area contributed by atoms with Crippen LogP contribution in [0.5, 0.6) is 5.75 Å². The lowest BCUT2D eigenvalue weighted by molar-refractivity contribution is -0.148. The number of nitriles is 1. The normalized spacial score (nSPS) is 24.0. The molecule has 1 saturated carbocycles. The van der Waals surface area contributed by atoms with Gasteiger partial charge in [-0.05, 0) is 41.7 Å². The number of hydrogen-bond donors (Lipinski definition) is 1. The zero-order valence-corrected chi connectivity index (χ0v) is 15.2. The average molecular weight is 362 g/mol. The summed E-state index contributed by atoms with van der Waals surface area (Å²) >= 11 is 0. The molecule has 5 nitrogen and oxygen atoms in total. The van der Waals surface area contributed by atoms with Crippen molar-refractivity contribution in [3.8, 4) is 22.9 Å². The first-order valence-corrected chi connectivity index (χ1v) is 9.25. The van der Waals surface area contributed by atoms with Crippen LogP contribution in [0.1, 0.15) is 24.3 Å². The van der Waals surface area contributed by atoms with Gasteiger partial charge in [-0.25, -0.2) is 0 Å². The summed E-state index contributed by atoms with van der Waals surface area (Å²) < 4.78 is 5.19. The van der Waals surface area contributed by atoms with Crippen molar-refractivity contribution < 1.29 is 14.6 Å². The van der Waals surface area contributed by atoms with E-state index in [1.165, 1.54) is 0 Å². The number of aliphatic hydroxyl groups is 1. The largest absolute Gasteiger partial charge is 0.497 e. The van der Waals surface area contributed by atoms with Crippen LogP contribution in [0.4, 0.5) is 0 Å². The molecule has 2 aliphatic rings. The summed E-state index contributed by atoms with van der Waals surface area (Å²) in [7, 11) is 1.64. The molecule has 1 heterocycles. The van der Waals surface area contributed by atoms with Gasteiger partial charge in [-0.3, -0.25) is 4.79 Å². The Labute approximate surface area is 158 Å². The van der Waals surface area contributed by atoms with Crippen molar-refractivity contribution in [1.29, 1.82) is 5.26 Å². The molecule has 0 radical (unpaired) electrons. The summed E-state index contributed by atoms with van der Waals surface area (Å²) in [6, 6.07) is 17.3. The van der Waals surface area contributed by atoms with Gasteiger partial charge in [0.15, 0.2) is 0 Å². The maximum absolute atomic E-state index is 12.4. The first-order valence-electron chi connectivity index (χ1n) is 9.25. The summed E-state index contributed by atoms with van der Waals surface area (Å²) in [5, 5.41) is 19.4. The Morgan fingerprint density at radius 1 is 1.15 bits per heavy atom. The quantitative estimate of drug-likeness (QED) is 0.887. The van der Waals surface area contributed by atoms with Crippen molar-refractivity contribution in [2.24, 2.45) is 5.92 Å². The Morgan fingerprint density at radius 3 is 2.22 bits per heavy atom. The first-order chi connectivity index (χ1) is 13.2. The minimum absolute atomic E-state index is 0.0201. The van der Waals surface area contributed by atoms with Gasteiger partial charge in [0.2, 0.25) is 5.91 Å². The van der Waals surface area contributed by atoms with Crippen LogP contribution in [-0.2, 0) is 4.79 Å². The van der Waals surface area contributed by atoms with Crippen molar-refractivity contribution in [1.82, 2.24) is 4.90 Å². The second-order valence-corrected chi connectivity index (χ2v) is 7.22. The highest BCUT2D eigenvalue weighted by atomic mass is 16.5. The number of carbonyl (C=O) groups excluding carboxylic acids is 1.